The fourth-order valence-corrected chi connectivity index (χ4v) is 5.54. The number of amides is 2. The molecule has 0 bridgehead atoms. The molecule has 3 aromatic rings. The molecule has 5 rings (SSSR count). The van der Waals surface area contributed by atoms with Crippen molar-refractivity contribution >= 4 is 11.7 Å². The van der Waals surface area contributed by atoms with Gasteiger partial charge in [0, 0.05) is 36.8 Å². The monoisotopic (exact) mass is 473 g/mol. The van der Waals surface area contributed by atoms with E-state index in [-0.39, 0.29) is 36.5 Å². The van der Waals surface area contributed by atoms with Gasteiger partial charge in [0.2, 0.25) is 0 Å². The van der Waals surface area contributed by atoms with Gasteiger partial charge >= 0.3 is 6.03 Å². The number of fused-ring (bicyclic) bond motifs is 1. The second-order valence-corrected chi connectivity index (χ2v) is 9.66. The smallest absolute Gasteiger partial charge is 0.321 e. The molecule has 0 unspecified atom stereocenters. The van der Waals surface area contributed by atoms with E-state index in [0.717, 1.165) is 19.4 Å². The van der Waals surface area contributed by atoms with Crippen LogP contribution in [-0.4, -0.2) is 59.3 Å². The second-order valence-electron chi connectivity index (χ2n) is 9.66. The number of aliphatic hydroxyl groups excluding tert-OH is 1. The normalized spacial score (nSPS) is 22.5. The first-order chi connectivity index (χ1) is 17.0. The Bertz CT molecular complexity index is 1170. The summed E-state index contributed by atoms with van der Waals surface area (Å²) in [5.74, 6) is -0.227. The van der Waals surface area contributed by atoms with Gasteiger partial charge in [-0.05, 0) is 61.2 Å². The van der Waals surface area contributed by atoms with Crippen LogP contribution >= 0.6 is 0 Å². The fraction of sp³-hybridized carbons (Fsp3) is 0.345. The van der Waals surface area contributed by atoms with Crippen LogP contribution in [0.15, 0.2) is 72.8 Å². The van der Waals surface area contributed by atoms with Crippen LogP contribution in [0.25, 0.3) is 11.1 Å². The summed E-state index contributed by atoms with van der Waals surface area (Å²) in [7, 11) is 0. The van der Waals surface area contributed by atoms with E-state index in [0.29, 0.717) is 18.8 Å². The highest BCUT2D eigenvalue weighted by Gasteiger charge is 2.49. The molecule has 2 saturated heterocycles. The number of anilines is 1. The Morgan fingerprint density at radius 2 is 1.69 bits per heavy atom. The second kappa shape index (κ2) is 10.2. The molecule has 2 aliphatic heterocycles. The topological polar surface area (TPSA) is 55.8 Å². The maximum Gasteiger partial charge on any atom is 0.321 e. The highest BCUT2D eigenvalue weighted by molar-refractivity contribution is 5.89. The molecule has 0 saturated carbocycles. The first kappa shape index (κ1) is 23.5. The molecule has 0 aromatic heterocycles. The van der Waals surface area contributed by atoms with E-state index < -0.39 is 0 Å². The van der Waals surface area contributed by atoms with Gasteiger partial charge < -0.3 is 15.3 Å². The summed E-state index contributed by atoms with van der Waals surface area (Å²) in [5, 5.41) is 13.1. The number of hydrogen-bond donors (Lipinski definition) is 2. The lowest BCUT2D eigenvalue weighted by Gasteiger charge is -2.57. The van der Waals surface area contributed by atoms with Crippen molar-refractivity contribution in [3.8, 4) is 11.1 Å². The van der Waals surface area contributed by atoms with E-state index in [9.17, 15) is 14.3 Å². The van der Waals surface area contributed by atoms with Gasteiger partial charge in [0.25, 0.3) is 0 Å². The number of urea groups is 1. The number of halogens is 1. The number of benzene rings is 3. The average Bonchev–Trinajstić information content (AvgIpc) is 2.84. The number of carbonyl (C=O) groups excluding carboxylic acids is 1. The predicted octanol–water partition coefficient (Wildman–Crippen LogP) is 5.26. The van der Waals surface area contributed by atoms with E-state index in [1.54, 1.807) is 12.1 Å². The van der Waals surface area contributed by atoms with E-state index in [4.69, 9.17) is 0 Å². The molecule has 0 spiro atoms. The third kappa shape index (κ3) is 4.95. The molecule has 2 amide bonds. The van der Waals surface area contributed by atoms with Gasteiger partial charge in [-0.15, -0.1) is 0 Å². The highest BCUT2D eigenvalue weighted by atomic mass is 19.1. The van der Waals surface area contributed by atoms with Gasteiger partial charge in [0.15, 0.2) is 0 Å². The minimum Gasteiger partial charge on any atom is -0.395 e. The third-order valence-electron chi connectivity index (χ3n) is 7.41. The number of aliphatic hydroxyl groups is 1. The Morgan fingerprint density at radius 1 is 1.00 bits per heavy atom. The van der Waals surface area contributed by atoms with Crippen LogP contribution in [0.3, 0.4) is 0 Å². The zero-order valence-electron chi connectivity index (χ0n) is 20.0. The van der Waals surface area contributed by atoms with Crippen molar-refractivity contribution in [2.75, 3.05) is 31.6 Å². The summed E-state index contributed by atoms with van der Waals surface area (Å²) < 4.78 is 13.6. The molecular weight excluding hydrogens is 441 g/mol. The molecule has 3 atom stereocenters. The number of nitrogens with one attached hydrogen (secondary N) is 1. The molecule has 182 valence electrons. The van der Waals surface area contributed by atoms with Crippen molar-refractivity contribution in [3.05, 3.63) is 89.7 Å². The Kier molecular flexibility index (Phi) is 6.84. The van der Waals surface area contributed by atoms with Crippen LogP contribution in [0.4, 0.5) is 14.9 Å². The molecule has 2 fully saturated rings. The minimum atomic E-state index is -0.374. The molecule has 6 heteroatoms. The number of carbonyl (C=O) groups is 1. The van der Waals surface area contributed by atoms with Gasteiger partial charge in [-0.25, -0.2) is 9.18 Å². The lowest BCUT2D eigenvalue weighted by molar-refractivity contribution is -0.0585. The summed E-state index contributed by atoms with van der Waals surface area (Å²) in [6.45, 7) is 4.33. The molecule has 0 radical (unpaired) electrons. The average molecular weight is 474 g/mol. The number of hydrogen-bond acceptors (Lipinski definition) is 3. The van der Waals surface area contributed by atoms with Crippen LogP contribution in [0.1, 0.15) is 29.9 Å². The van der Waals surface area contributed by atoms with Crippen molar-refractivity contribution in [2.24, 2.45) is 0 Å². The number of aryl methyl sites for hydroxylation is 1. The van der Waals surface area contributed by atoms with Gasteiger partial charge in [0.05, 0.1) is 6.61 Å². The molecule has 3 aromatic carbocycles. The molecular formula is C29H32FN3O2. The van der Waals surface area contributed by atoms with Crippen molar-refractivity contribution in [2.45, 2.75) is 37.8 Å². The van der Waals surface area contributed by atoms with E-state index >= 15 is 0 Å². The fourth-order valence-electron chi connectivity index (χ4n) is 5.54. The van der Waals surface area contributed by atoms with Crippen molar-refractivity contribution < 1.29 is 14.3 Å². The summed E-state index contributed by atoms with van der Waals surface area (Å²) >= 11 is 0. The van der Waals surface area contributed by atoms with Crippen LogP contribution < -0.4 is 5.32 Å². The highest BCUT2D eigenvalue weighted by Crippen LogP contribution is 2.42. The molecule has 5 nitrogen and oxygen atoms in total. The molecule has 2 N–H and O–H groups in total. The van der Waals surface area contributed by atoms with Crippen LogP contribution in [-0.2, 0) is 0 Å². The van der Waals surface area contributed by atoms with Crippen molar-refractivity contribution in [1.29, 1.82) is 0 Å². The summed E-state index contributed by atoms with van der Waals surface area (Å²) in [5.41, 5.74) is 5.23. The number of nitrogens with zero attached hydrogens (tertiary/aromatic N) is 2. The molecule has 2 aliphatic rings. The summed E-state index contributed by atoms with van der Waals surface area (Å²) in [6, 6.07) is 23.1. The van der Waals surface area contributed by atoms with Crippen LogP contribution in [0, 0.1) is 12.7 Å². The Balaban J connectivity index is 1.34. The maximum atomic E-state index is 13.6. The zero-order valence-corrected chi connectivity index (χ0v) is 20.0. The van der Waals surface area contributed by atoms with Gasteiger partial charge in [0.1, 0.15) is 5.82 Å². The quantitative estimate of drug-likeness (QED) is 0.544. The first-order valence-corrected chi connectivity index (χ1v) is 12.4. The van der Waals surface area contributed by atoms with Crippen molar-refractivity contribution in [1.82, 2.24) is 9.80 Å². The SMILES string of the molecule is Cc1ccc(-c2ccc([C@@H]3[C@H]4CN(C(=O)Nc5cccc(F)c5)CCCCN4[C@H]3CO)cc2)cc1. The lowest BCUT2D eigenvalue weighted by Crippen LogP contribution is -2.68. The minimum absolute atomic E-state index is 0.0523. The Labute approximate surface area is 206 Å². The van der Waals surface area contributed by atoms with Crippen molar-refractivity contribution in [3.63, 3.8) is 0 Å². The summed E-state index contributed by atoms with van der Waals surface area (Å²) in [6.07, 6.45) is 1.86. The van der Waals surface area contributed by atoms with Gasteiger partial charge in [-0.2, -0.15) is 0 Å². The van der Waals surface area contributed by atoms with Crippen LogP contribution in [0.2, 0.25) is 0 Å². The van der Waals surface area contributed by atoms with Gasteiger partial charge in [-0.1, -0.05) is 60.2 Å². The zero-order chi connectivity index (χ0) is 24.4. The standard InChI is InChI=1S/C29H32FN3O2/c1-20-7-9-21(10-8-20)22-11-13-23(14-12-22)28-26-18-32(15-2-3-16-33(26)27(28)19-34)29(35)31-25-6-4-5-24(30)17-25/h4-14,17,26-28,34H,2-3,15-16,18-19H2,1H3,(H,31,35)/t26-,27+,28-/m1/s1. The number of rotatable bonds is 4. The predicted molar refractivity (Wildman–Crippen MR) is 137 cm³/mol. The van der Waals surface area contributed by atoms with Crippen LogP contribution in [0.5, 0.6) is 0 Å². The lowest BCUT2D eigenvalue weighted by atomic mass is 9.74. The van der Waals surface area contributed by atoms with E-state index in [1.165, 1.54) is 34.4 Å². The Hall–Kier alpha value is -3.22. The van der Waals surface area contributed by atoms with Gasteiger partial charge in [-0.3, -0.25) is 4.90 Å². The molecule has 35 heavy (non-hydrogen) atoms. The maximum absolute atomic E-state index is 13.6. The Morgan fingerprint density at radius 3 is 2.37 bits per heavy atom. The molecule has 0 aliphatic carbocycles. The van der Waals surface area contributed by atoms with E-state index in [2.05, 4.69) is 65.7 Å². The van der Waals surface area contributed by atoms with E-state index in [1.807, 2.05) is 4.90 Å². The largest absolute Gasteiger partial charge is 0.395 e. The summed E-state index contributed by atoms with van der Waals surface area (Å²) in [4.78, 5) is 17.2. The first-order valence-electron chi connectivity index (χ1n) is 12.4. The molecule has 2 heterocycles. The third-order valence-corrected chi connectivity index (χ3v) is 7.41.